The highest BCUT2D eigenvalue weighted by Gasteiger charge is 2.03. The monoisotopic (exact) mass is 247 g/mol. The van der Waals surface area contributed by atoms with Crippen LogP contribution in [0.2, 0.25) is 0 Å². The summed E-state index contributed by atoms with van der Waals surface area (Å²) >= 11 is 0. The molecule has 0 saturated heterocycles. The lowest BCUT2D eigenvalue weighted by Gasteiger charge is -2.04. The molecule has 0 bridgehead atoms. The SMILES string of the molecule is CC(C)=CCCCCNC(=O)c1ccc(O)cc1. The van der Waals surface area contributed by atoms with Crippen LogP contribution in [0.4, 0.5) is 0 Å². The summed E-state index contributed by atoms with van der Waals surface area (Å²) in [5.41, 5.74) is 1.92. The summed E-state index contributed by atoms with van der Waals surface area (Å²) in [7, 11) is 0. The van der Waals surface area contributed by atoms with Gasteiger partial charge in [-0.05, 0) is 57.4 Å². The maximum atomic E-state index is 11.7. The lowest BCUT2D eigenvalue weighted by molar-refractivity contribution is 0.0953. The maximum Gasteiger partial charge on any atom is 0.251 e. The first kappa shape index (κ1) is 14.3. The van der Waals surface area contributed by atoms with Gasteiger partial charge in [0.1, 0.15) is 5.75 Å². The van der Waals surface area contributed by atoms with E-state index in [-0.39, 0.29) is 11.7 Å². The summed E-state index contributed by atoms with van der Waals surface area (Å²) in [6.45, 7) is 4.87. The van der Waals surface area contributed by atoms with Crippen LogP contribution >= 0.6 is 0 Å². The van der Waals surface area contributed by atoms with E-state index in [0.29, 0.717) is 12.1 Å². The Morgan fingerprint density at radius 3 is 2.50 bits per heavy atom. The smallest absolute Gasteiger partial charge is 0.251 e. The molecule has 3 nitrogen and oxygen atoms in total. The maximum absolute atomic E-state index is 11.7. The molecule has 0 fully saturated rings. The van der Waals surface area contributed by atoms with Crippen molar-refractivity contribution in [2.45, 2.75) is 33.1 Å². The Kier molecular flexibility index (Phi) is 5.98. The largest absolute Gasteiger partial charge is 0.508 e. The average Bonchev–Trinajstić information content (AvgIpc) is 2.34. The Morgan fingerprint density at radius 2 is 1.89 bits per heavy atom. The van der Waals surface area contributed by atoms with Gasteiger partial charge < -0.3 is 10.4 Å². The summed E-state index contributed by atoms with van der Waals surface area (Å²) in [5, 5.41) is 12.0. The fraction of sp³-hybridized carbons (Fsp3) is 0.400. The molecule has 0 aliphatic carbocycles. The molecule has 1 rings (SSSR count). The topological polar surface area (TPSA) is 49.3 Å². The number of hydrogen-bond acceptors (Lipinski definition) is 2. The van der Waals surface area contributed by atoms with Crippen molar-refractivity contribution in [3.8, 4) is 5.75 Å². The third-order valence-corrected chi connectivity index (χ3v) is 2.60. The fourth-order valence-electron chi connectivity index (χ4n) is 1.58. The molecule has 2 N–H and O–H groups in total. The third kappa shape index (κ3) is 5.53. The number of unbranched alkanes of at least 4 members (excludes halogenated alkanes) is 2. The highest BCUT2D eigenvalue weighted by atomic mass is 16.3. The van der Waals surface area contributed by atoms with Gasteiger partial charge in [0.2, 0.25) is 0 Å². The number of amides is 1. The molecule has 18 heavy (non-hydrogen) atoms. The quantitative estimate of drug-likeness (QED) is 0.599. The predicted octanol–water partition coefficient (Wildman–Crippen LogP) is 3.26. The second-order valence-corrected chi connectivity index (χ2v) is 4.58. The third-order valence-electron chi connectivity index (χ3n) is 2.60. The first-order chi connectivity index (χ1) is 8.59. The highest BCUT2D eigenvalue weighted by Crippen LogP contribution is 2.09. The number of aromatic hydroxyl groups is 1. The Bertz CT molecular complexity index is 403. The Labute approximate surface area is 109 Å². The lowest BCUT2D eigenvalue weighted by Crippen LogP contribution is -2.24. The van der Waals surface area contributed by atoms with Crippen molar-refractivity contribution in [3.63, 3.8) is 0 Å². The number of phenols is 1. The van der Waals surface area contributed by atoms with Crippen LogP contribution in [0.25, 0.3) is 0 Å². The van der Waals surface area contributed by atoms with E-state index in [9.17, 15) is 4.79 Å². The van der Waals surface area contributed by atoms with Crippen LogP contribution in [-0.2, 0) is 0 Å². The van der Waals surface area contributed by atoms with Gasteiger partial charge in [0.15, 0.2) is 0 Å². The van der Waals surface area contributed by atoms with Crippen LogP contribution in [0.15, 0.2) is 35.9 Å². The van der Waals surface area contributed by atoms with E-state index in [0.717, 1.165) is 19.3 Å². The average molecular weight is 247 g/mol. The Hall–Kier alpha value is -1.77. The first-order valence-corrected chi connectivity index (χ1v) is 6.30. The van der Waals surface area contributed by atoms with Gasteiger partial charge in [0.05, 0.1) is 0 Å². The number of nitrogens with one attached hydrogen (secondary N) is 1. The molecule has 1 amide bonds. The van der Waals surface area contributed by atoms with Crippen molar-refractivity contribution in [2.24, 2.45) is 0 Å². The number of carbonyl (C=O) groups excluding carboxylic acids is 1. The van der Waals surface area contributed by atoms with Gasteiger partial charge in [-0.25, -0.2) is 0 Å². The summed E-state index contributed by atoms with van der Waals surface area (Å²) in [5.74, 6) is 0.0884. The summed E-state index contributed by atoms with van der Waals surface area (Å²) < 4.78 is 0. The second-order valence-electron chi connectivity index (χ2n) is 4.58. The fourth-order valence-corrected chi connectivity index (χ4v) is 1.58. The van der Waals surface area contributed by atoms with E-state index in [1.165, 1.54) is 17.7 Å². The molecule has 3 heteroatoms. The van der Waals surface area contributed by atoms with Crippen molar-refractivity contribution >= 4 is 5.91 Å². The van der Waals surface area contributed by atoms with Crippen LogP contribution in [0, 0.1) is 0 Å². The molecule has 0 unspecified atom stereocenters. The van der Waals surface area contributed by atoms with Crippen LogP contribution in [0.3, 0.4) is 0 Å². The number of phenolic OH excluding ortho intramolecular Hbond substituents is 1. The summed E-state index contributed by atoms with van der Waals surface area (Å²) in [4.78, 5) is 11.7. The standard InChI is InChI=1S/C15H21NO2/c1-12(2)6-4-3-5-11-16-15(18)13-7-9-14(17)10-8-13/h6-10,17H,3-5,11H2,1-2H3,(H,16,18). The van der Waals surface area contributed by atoms with Gasteiger partial charge in [-0.3, -0.25) is 4.79 Å². The molecular weight excluding hydrogens is 226 g/mol. The van der Waals surface area contributed by atoms with Crippen molar-refractivity contribution in [1.82, 2.24) is 5.32 Å². The van der Waals surface area contributed by atoms with Gasteiger partial charge in [-0.1, -0.05) is 11.6 Å². The minimum atomic E-state index is -0.0859. The number of rotatable bonds is 6. The van der Waals surface area contributed by atoms with E-state index in [1.54, 1.807) is 12.1 Å². The van der Waals surface area contributed by atoms with Gasteiger partial charge in [0.25, 0.3) is 5.91 Å². The summed E-state index contributed by atoms with van der Waals surface area (Å²) in [6, 6.07) is 6.27. The lowest BCUT2D eigenvalue weighted by atomic mass is 10.2. The van der Waals surface area contributed by atoms with Gasteiger partial charge in [-0.15, -0.1) is 0 Å². The van der Waals surface area contributed by atoms with Crippen molar-refractivity contribution in [3.05, 3.63) is 41.5 Å². The molecule has 0 aliphatic heterocycles. The number of benzene rings is 1. The molecule has 0 spiro atoms. The molecule has 0 aliphatic rings. The van der Waals surface area contributed by atoms with Crippen LogP contribution < -0.4 is 5.32 Å². The zero-order valence-corrected chi connectivity index (χ0v) is 11.1. The van der Waals surface area contributed by atoms with E-state index in [4.69, 9.17) is 5.11 Å². The number of carbonyl (C=O) groups is 1. The van der Waals surface area contributed by atoms with Crippen molar-refractivity contribution in [1.29, 1.82) is 0 Å². The molecular formula is C15H21NO2. The molecule has 0 radical (unpaired) electrons. The molecule has 0 heterocycles. The minimum Gasteiger partial charge on any atom is -0.508 e. The predicted molar refractivity (Wildman–Crippen MR) is 73.7 cm³/mol. The van der Waals surface area contributed by atoms with Gasteiger partial charge in [-0.2, -0.15) is 0 Å². The molecule has 0 saturated carbocycles. The van der Waals surface area contributed by atoms with Gasteiger partial charge in [0, 0.05) is 12.1 Å². The molecule has 0 aromatic heterocycles. The van der Waals surface area contributed by atoms with Crippen molar-refractivity contribution < 1.29 is 9.90 Å². The second kappa shape index (κ2) is 7.54. The number of hydrogen-bond donors (Lipinski definition) is 2. The van der Waals surface area contributed by atoms with Crippen LogP contribution in [0.5, 0.6) is 5.75 Å². The highest BCUT2D eigenvalue weighted by molar-refractivity contribution is 5.94. The Balaban J connectivity index is 2.21. The van der Waals surface area contributed by atoms with Crippen molar-refractivity contribution in [2.75, 3.05) is 6.54 Å². The van der Waals surface area contributed by atoms with Crippen LogP contribution in [0.1, 0.15) is 43.5 Å². The molecule has 98 valence electrons. The van der Waals surface area contributed by atoms with E-state index < -0.39 is 0 Å². The Morgan fingerprint density at radius 1 is 1.22 bits per heavy atom. The zero-order valence-electron chi connectivity index (χ0n) is 11.1. The van der Waals surface area contributed by atoms with E-state index >= 15 is 0 Å². The molecule has 1 aromatic rings. The zero-order chi connectivity index (χ0) is 13.4. The van der Waals surface area contributed by atoms with Crippen LogP contribution in [-0.4, -0.2) is 17.6 Å². The summed E-state index contributed by atoms with van der Waals surface area (Å²) in [6.07, 6.45) is 5.34. The molecule has 0 atom stereocenters. The normalized spacial score (nSPS) is 9.89. The van der Waals surface area contributed by atoms with E-state index in [1.807, 2.05) is 0 Å². The number of allylic oxidation sites excluding steroid dienone is 2. The minimum absolute atomic E-state index is 0.0859. The van der Waals surface area contributed by atoms with E-state index in [2.05, 4.69) is 25.2 Å². The first-order valence-electron chi connectivity index (χ1n) is 6.30. The van der Waals surface area contributed by atoms with Gasteiger partial charge >= 0.3 is 0 Å². The molecule has 1 aromatic carbocycles.